The van der Waals surface area contributed by atoms with E-state index in [4.69, 9.17) is 0 Å². The minimum Gasteiger partial charge on any atom is -0.385 e. The van der Waals surface area contributed by atoms with Gasteiger partial charge < -0.3 is 5.32 Å². The Bertz CT molecular complexity index is 1250. The second-order valence-corrected chi connectivity index (χ2v) is 10.6. The molecule has 186 valence electrons. The molecule has 4 aromatic rings. The summed E-state index contributed by atoms with van der Waals surface area (Å²) in [4.78, 5) is 0. The van der Waals surface area contributed by atoms with Gasteiger partial charge in [-0.15, -0.1) is 0 Å². The first-order valence-corrected chi connectivity index (χ1v) is 13.9. The normalized spacial score (nSPS) is 11.7. The van der Waals surface area contributed by atoms with Crippen molar-refractivity contribution in [2.75, 3.05) is 11.9 Å². The highest BCUT2D eigenvalue weighted by Gasteiger charge is 2.10. The lowest BCUT2D eigenvalue weighted by atomic mass is 10.0. The molecule has 0 amide bonds. The number of nitrogens with one attached hydrogen (secondary N) is 1. The first kappa shape index (κ1) is 25.8. The van der Waals surface area contributed by atoms with Crippen LogP contribution in [0.25, 0.3) is 0 Å². The Morgan fingerprint density at radius 1 is 0.722 bits per heavy atom. The van der Waals surface area contributed by atoms with Gasteiger partial charge in [0.15, 0.2) is 0 Å². The molecule has 2 aromatic heterocycles. The number of thiazole rings is 2. The molecule has 0 fully saturated rings. The van der Waals surface area contributed by atoms with Crippen molar-refractivity contribution in [2.45, 2.75) is 39.5 Å². The minimum absolute atomic E-state index is 0.886. The van der Waals surface area contributed by atoms with Crippen LogP contribution in [0.1, 0.15) is 36.0 Å². The van der Waals surface area contributed by atoms with E-state index in [9.17, 15) is 0 Å². The van der Waals surface area contributed by atoms with Crippen LogP contribution in [0.4, 0.5) is 27.3 Å². The molecule has 0 saturated heterocycles. The van der Waals surface area contributed by atoms with Crippen molar-refractivity contribution in [3.8, 4) is 0 Å². The summed E-state index contributed by atoms with van der Waals surface area (Å²) in [6, 6.07) is 12.7. The van der Waals surface area contributed by atoms with Crippen LogP contribution in [0.5, 0.6) is 0 Å². The molecule has 0 aliphatic rings. The van der Waals surface area contributed by atoms with Crippen molar-refractivity contribution in [1.29, 1.82) is 0 Å². The second-order valence-electron chi connectivity index (χ2n) is 8.85. The van der Waals surface area contributed by atoms with E-state index in [2.05, 4.69) is 70.0 Å². The first-order chi connectivity index (χ1) is 17.5. The third-order valence-corrected chi connectivity index (χ3v) is 7.61. The maximum atomic E-state index is 4.43. The van der Waals surface area contributed by atoms with Gasteiger partial charge in [0.25, 0.3) is 0 Å². The van der Waals surface area contributed by atoms with Crippen molar-refractivity contribution < 1.29 is 9.13 Å². The Balaban J connectivity index is 1.18. The molecule has 0 unspecified atom stereocenters. The van der Waals surface area contributed by atoms with Gasteiger partial charge in [0.1, 0.15) is 23.8 Å². The SMILES string of the molecule is Cc1cc(CCCCCNc2ccc(N=Nc3scc[n+]3C)c(C)c2)ccc1N=Nc1scc[n+]1C. The summed E-state index contributed by atoms with van der Waals surface area (Å²) in [5.41, 5.74) is 6.60. The van der Waals surface area contributed by atoms with E-state index in [1.165, 1.54) is 24.0 Å². The summed E-state index contributed by atoms with van der Waals surface area (Å²) in [6.07, 6.45) is 8.55. The number of azo groups is 2. The Kier molecular flexibility index (Phi) is 9.02. The number of hydrogen-bond donors (Lipinski definition) is 1. The van der Waals surface area contributed by atoms with E-state index >= 15 is 0 Å². The number of aryl methyl sites for hydroxylation is 5. The zero-order valence-electron chi connectivity index (χ0n) is 21.3. The molecule has 1 N–H and O–H groups in total. The number of benzene rings is 2. The maximum absolute atomic E-state index is 4.43. The number of unbranched alkanes of at least 4 members (excludes halogenated alkanes) is 2. The predicted molar refractivity (Wildman–Crippen MR) is 148 cm³/mol. The highest BCUT2D eigenvalue weighted by atomic mass is 32.1. The number of nitrogens with zero attached hydrogens (tertiary/aromatic N) is 6. The smallest absolute Gasteiger partial charge is 0.385 e. The summed E-state index contributed by atoms with van der Waals surface area (Å²) < 4.78 is 3.94. The lowest BCUT2D eigenvalue weighted by Crippen LogP contribution is -2.23. The van der Waals surface area contributed by atoms with E-state index in [0.717, 1.165) is 52.3 Å². The van der Waals surface area contributed by atoms with Crippen LogP contribution < -0.4 is 14.5 Å². The van der Waals surface area contributed by atoms with Crippen molar-refractivity contribution >= 4 is 50.0 Å². The summed E-state index contributed by atoms with van der Waals surface area (Å²) >= 11 is 3.16. The number of hydrogen-bond acceptors (Lipinski definition) is 7. The standard InChI is InChI=1S/C27H32N7S2/c1-20-18-22(9-11-24(20)29-31-26-33(3)14-16-35-26)8-6-5-7-13-28-23-10-12-25(21(2)19-23)30-32-27-34(4)15-17-36-27/h9-12,14-19H,5-8,13H2,1-4H3/q+1/p+1. The Morgan fingerprint density at radius 3 is 1.89 bits per heavy atom. The third kappa shape index (κ3) is 7.11. The quantitative estimate of drug-likeness (QED) is 0.123. The van der Waals surface area contributed by atoms with Crippen molar-refractivity contribution in [2.24, 2.45) is 34.6 Å². The molecule has 4 rings (SSSR count). The summed E-state index contributed by atoms with van der Waals surface area (Å²) in [6.45, 7) is 5.14. The van der Waals surface area contributed by atoms with Gasteiger partial charge in [-0.1, -0.05) is 18.6 Å². The van der Waals surface area contributed by atoms with Crippen LogP contribution >= 0.6 is 22.7 Å². The third-order valence-electron chi connectivity index (χ3n) is 5.94. The van der Waals surface area contributed by atoms with Gasteiger partial charge in [0, 0.05) is 23.0 Å². The van der Waals surface area contributed by atoms with Crippen molar-refractivity contribution in [1.82, 2.24) is 0 Å². The predicted octanol–water partition coefficient (Wildman–Crippen LogP) is 7.73. The van der Waals surface area contributed by atoms with Gasteiger partial charge in [-0.25, -0.2) is 9.13 Å². The molecule has 9 heteroatoms. The van der Waals surface area contributed by atoms with E-state index in [1.54, 1.807) is 22.7 Å². The van der Waals surface area contributed by atoms with E-state index < -0.39 is 0 Å². The fourth-order valence-electron chi connectivity index (χ4n) is 3.77. The Morgan fingerprint density at radius 2 is 1.33 bits per heavy atom. The van der Waals surface area contributed by atoms with E-state index in [0.29, 0.717) is 0 Å². The molecule has 0 aliphatic heterocycles. The molecule has 0 bridgehead atoms. The summed E-state index contributed by atoms with van der Waals surface area (Å²) in [7, 11) is 3.96. The van der Waals surface area contributed by atoms with Gasteiger partial charge in [-0.2, -0.15) is 0 Å². The number of rotatable bonds is 11. The average Bonchev–Trinajstić information content (AvgIpc) is 3.47. The molecular weight excluding hydrogens is 486 g/mol. The maximum Gasteiger partial charge on any atom is 0.408 e. The van der Waals surface area contributed by atoms with Crippen LogP contribution in [0, 0.1) is 13.8 Å². The van der Waals surface area contributed by atoms with Crippen LogP contribution in [-0.2, 0) is 20.5 Å². The van der Waals surface area contributed by atoms with Crippen molar-refractivity contribution in [3.63, 3.8) is 0 Å². The van der Waals surface area contributed by atoms with Crippen LogP contribution in [0.3, 0.4) is 0 Å². The van der Waals surface area contributed by atoms with Gasteiger partial charge in [-0.3, -0.25) is 0 Å². The van der Waals surface area contributed by atoms with Crippen LogP contribution in [0.15, 0.2) is 80.0 Å². The monoisotopic (exact) mass is 519 g/mol. The van der Waals surface area contributed by atoms with Crippen LogP contribution in [0.2, 0.25) is 0 Å². The van der Waals surface area contributed by atoms with Gasteiger partial charge in [0.2, 0.25) is 0 Å². The average molecular weight is 520 g/mol. The molecule has 0 radical (unpaired) electrons. The first-order valence-electron chi connectivity index (χ1n) is 12.1. The molecule has 36 heavy (non-hydrogen) atoms. The summed E-state index contributed by atoms with van der Waals surface area (Å²) in [5.74, 6) is 0. The molecule has 2 heterocycles. The molecule has 0 aliphatic carbocycles. The highest BCUT2D eigenvalue weighted by molar-refractivity contribution is 7.13. The van der Waals surface area contributed by atoms with E-state index in [-0.39, 0.29) is 0 Å². The van der Waals surface area contributed by atoms with Crippen LogP contribution in [-0.4, -0.2) is 6.54 Å². The molecule has 0 spiro atoms. The zero-order chi connectivity index (χ0) is 25.3. The molecule has 0 saturated carbocycles. The minimum atomic E-state index is 0.886. The second kappa shape index (κ2) is 12.6. The van der Waals surface area contributed by atoms with Gasteiger partial charge in [-0.05, 0) is 107 Å². The fourth-order valence-corrected chi connectivity index (χ4v) is 5.13. The lowest BCUT2D eigenvalue weighted by Gasteiger charge is -2.08. The largest absolute Gasteiger partial charge is 0.408 e. The zero-order valence-corrected chi connectivity index (χ0v) is 22.9. The van der Waals surface area contributed by atoms with Crippen molar-refractivity contribution in [3.05, 3.63) is 76.2 Å². The number of aromatic nitrogens is 2. The lowest BCUT2D eigenvalue weighted by molar-refractivity contribution is -0.654. The van der Waals surface area contributed by atoms with Gasteiger partial charge >= 0.3 is 10.3 Å². The molecule has 2 aromatic carbocycles. The molecular formula is C27H33N7S2+2. The fraction of sp³-hybridized carbons (Fsp3) is 0.333. The van der Waals surface area contributed by atoms with E-state index in [1.807, 2.05) is 52.4 Å². The molecule has 7 nitrogen and oxygen atoms in total. The Labute approximate surface area is 220 Å². The Hall–Kier alpha value is -3.30. The van der Waals surface area contributed by atoms with Gasteiger partial charge in [0.05, 0.1) is 24.3 Å². The topological polar surface area (TPSA) is 69.2 Å². The number of anilines is 1. The molecule has 0 atom stereocenters. The summed E-state index contributed by atoms with van der Waals surface area (Å²) in [5, 5.41) is 26.9. The highest BCUT2D eigenvalue weighted by Crippen LogP contribution is 2.26.